The molecule has 0 bridgehead atoms. The molecule has 0 radical (unpaired) electrons. The van der Waals surface area contributed by atoms with E-state index in [4.69, 9.17) is 37.1 Å². The number of barbiturate groups is 1. The van der Waals surface area contributed by atoms with Crippen molar-refractivity contribution in [3.05, 3.63) is 85.7 Å². The number of nitrogens with one attached hydrogen (secondary N) is 1. The third kappa shape index (κ3) is 5.75. The zero-order valence-corrected chi connectivity index (χ0v) is 21.9. The highest BCUT2D eigenvalue weighted by Gasteiger charge is 2.36. The van der Waals surface area contributed by atoms with E-state index in [2.05, 4.69) is 21.2 Å². The molecule has 0 atom stereocenters. The van der Waals surface area contributed by atoms with Crippen LogP contribution in [0.1, 0.15) is 23.8 Å². The summed E-state index contributed by atoms with van der Waals surface area (Å²) in [6.07, 6.45) is 2.82. The van der Waals surface area contributed by atoms with Gasteiger partial charge in [0.05, 0.1) is 33.9 Å². The average Bonchev–Trinajstić information content (AvgIpc) is 3.35. The first-order valence-corrected chi connectivity index (χ1v) is 12.3. The van der Waals surface area contributed by atoms with Crippen molar-refractivity contribution in [1.82, 2.24) is 10.2 Å². The fourth-order valence-corrected chi connectivity index (χ4v) is 4.32. The number of carbonyl (C=O) groups is 3. The van der Waals surface area contributed by atoms with Crippen LogP contribution < -0.4 is 14.8 Å². The molecule has 2 heterocycles. The molecule has 36 heavy (non-hydrogen) atoms. The predicted molar refractivity (Wildman–Crippen MR) is 137 cm³/mol. The second kappa shape index (κ2) is 11.2. The lowest BCUT2D eigenvalue weighted by Gasteiger charge is -2.25. The van der Waals surface area contributed by atoms with Gasteiger partial charge in [0.1, 0.15) is 17.9 Å². The van der Waals surface area contributed by atoms with Gasteiger partial charge in [-0.3, -0.25) is 19.8 Å². The van der Waals surface area contributed by atoms with E-state index < -0.39 is 17.8 Å². The highest BCUT2D eigenvalue weighted by molar-refractivity contribution is 9.10. The van der Waals surface area contributed by atoms with Gasteiger partial charge in [0, 0.05) is 0 Å². The number of amides is 4. The minimum atomic E-state index is -0.819. The van der Waals surface area contributed by atoms with E-state index in [-0.39, 0.29) is 18.7 Å². The fraction of sp³-hybridized carbons (Fsp3) is 0.160. The van der Waals surface area contributed by atoms with Crippen LogP contribution in [-0.2, 0) is 22.7 Å². The normalized spacial score (nSPS) is 14.8. The van der Waals surface area contributed by atoms with Gasteiger partial charge >= 0.3 is 6.03 Å². The lowest BCUT2D eigenvalue weighted by atomic mass is 10.1. The van der Waals surface area contributed by atoms with E-state index in [0.717, 1.165) is 10.5 Å². The summed E-state index contributed by atoms with van der Waals surface area (Å²) in [5, 5.41) is 3.04. The van der Waals surface area contributed by atoms with Crippen molar-refractivity contribution < 1.29 is 28.3 Å². The summed E-state index contributed by atoms with van der Waals surface area (Å²) < 4.78 is 17.5. The molecule has 1 aliphatic rings. The lowest BCUT2D eigenvalue weighted by Crippen LogP contribution is -2.53. The summed E-state index contributed by atoms with van der Waals surface area (Å²) in [7, 11) is 0. The topological polar surface area (TPSA) is 98.1 Å². The Labute approximate surface area is 224 Å². The third-order valence-corrected chi connectivity index (χ3v) is 6.42. The number of carbonyl (C=O) groups excluding carboxylic acids is 3. The Morgan fingerprint density at radius 2 is 1.89 bits per heavy atom. The first-order valence-electron chi connectivity index (χ1n) is 10.7. The molecule has 1 N–H and O–H groups in total. The van der Waals surface area contributed by atoms with E-state index in [9.17, 15) is 14.4 Å². The van der Waals surface area contributed by atoms with Crippen molar-refractivity contribution in [2.75, 3.05) is 6.61 Å². The van der Waals surface area contributed by atoms with Crippen LogP contribution in [0.15, 0.2) is 63.2 Å². The highest BCUT2D eigenvalue weighted by Crippen LogP contribution is 2.38. The zero-order valence-electron chi connectivity index (χ0n) is 18.8. The number of ether oxygens (including phenoxy) is 2. The molecule has 1 fully saturated rings. The summed E-state index contributed by atoms with van der Waals surface area (Å²) in [4.78, 5) is 38.6. The van der Waals surface area contributed by atoms with Crippen LogP contribution in [0, 0.1) is 0 Å². The van der Waals surface area contributed by atoms with Gasteiger partial charge in [0.25, 0.3) is 11.8 Å². The molecule has 0 aliphatic carbocycles. The maximum absolute atomic E-state index is 13.0. The summed E-state index contributed by atoms with van der Waals surface area (Å²) in [6, 6.07) is 10.9. The molecule has 11 heteroatoms. The predicted octanol–water partition coefficient (Wildman–Crippen LogP) is 5.99. The monoisotopic (exact) mass is 592 g/mol. The number of hydrogen-bond acceptors (Lipinski definition) is 6. The number of benzene rings is 2. The van der Waals surface area contributed by atoms with Crippen LogP contribution in [0.3, 0.4) is 0 Å². The van der Waals surface area contributed by atoms with Crippen LogP contribution in [0.2, 0.25) is 10.0 Å². The maximum Gasteiger partial charge on any atom is 0.331 e. The van der Waals surface area contributed by atoms with Crippen LogP contribution in [0.25, 0.3) is 6.08 Å². The van der Waals surface area contributed by atoms with Crippen LogP contribution in [0.5, 0.6) is 11.5 Å². The number of rotatable bonds is 8. The van der Waals surface area contributed by atoms with Gasteiger partial charge < -0.3 is 13.9 Å². The molecule has 1 saturated heterocycles. The molecular weight excluding hydrogens is 575 g/mol. The number of furan rings is 1. The summed E-state index contributed by atoms with van der Waals surface area (Å²) in [5.41, 5.74) is 1.08. The summed E-state index contributed by atoms with van der Waals surface area (Å²) in [5.74, 6) is -0.314. The van der Waals surface area contributed by atoms with E-state index in [1.807, 2.05) is 6.92 Å². The number of imide groups is 2. The van der Waals surface area contributed by atoms with Crippen molar-refractivity contribution >= 4 is 63.1 Å². The van der Waals surface area contributed by atoms with Gasteiger partial charge in [-0.05, 0) is 76.5 Å². The Morgan fingerprint density at radius 1 is 1.08 bits per heavy atom. The van der Waals surface area contributed by atoms with Crippen molar-refractivity contribution in [1.29, 1.82) is 0 Å². The standard InChI is InChI=1S/C25H19BrCl2N2O6/c1-2-34-21-11-15(9-18(26)22(21)36-13-14-5-6-19(27)20(28)10-14)8-17-23(31)29-25(33)30(24(17)32)12-16-4-3-7-35-16/h3-11H,2,12-13H2,1H3,(H,29,31,33)/b17-8+. The van der Waals surface area contributed by atoms with Crippen molar-refractivity contribution in [2.24, 2.45) is 0 Å². The second-order valence-electron chi connectivity index (χ2n) is 7.59. The SMILES string of the molecule is CCOc1cc(/C=C2\C(=O)NC(=O)N(Cc3ccco3)C2=O)cc(Br)c1OCc1ccc(Cl)c(Cl)c1. The fourth-order valence-electron chi connectivity index (χ4n) is 3.42. The molecule has 2 aromatic carbocycles. The number of nitrogens with zero attached hydrogens (tertiary/aromatic N) is 1. The number of hydrogen-bond donors (Lipinski definition) is 1. The molecule has 0 saturated carbocycles. The Balaban J connectivity index is 1.61. The van der Waals surface area contributed by atoms with E-state index in [1.54, 1.807) is 42.5 Å². The molecule has 186 valence electrons. The lowest BCUT2D eigenvalue weighted by molar-refractivity contribution is -0.130. The molecular formula is C25H19BrCl2N2O6. The quantitative estimate of drug-likeness (QED) is 0.254. The van der Waals surface area contributed by atoms with Gasteiger partial charge in [0.2, 0.25) is 0 Å². The van der Waals surface area contributed by atoms with Crippen LogP contribution in [0.4, 0.5) is 4.79 Å². The highest BCUT2D eigenvalue weighted by atomic mass is 79.9. The molecule has 8 nitrogen and oxygen atoms in total. The van der Waals surface area contributed by atoms with Gasteiger partial charge in [-0.1, -0.05) is 29.3 Å². The molecule has 4 amide bonds. The molecule has 1 aliphatic heterocycles. The zero-order chi connectivity index (χ0) is 25.8. The minimum absolute atomic E-state index is 0.113. The van der Waals surface area contributed by atoms with Crippen LogP contribution >= 0.6 is 39.1 Å². The molecule has 1 aromatic heterocycles. The molecule has 4 rings (SSSR count). The molecule has 3 aromatic rings. The average molecular weight is 594 g/mol. The maximum atomic E-state index is 13.0. The Morgan fingerprint density at radius 3 is 2.58 bits per heavy atom. The molecule has 0 unspecified atom stereocenters. The van der Waals surface area contributed by atoms with Crippen molar-refractivity contribution in [3.63, 3.8) is 0 Å². The largest absolute Gasteiger partial charge is 0.490 e. The van der Waals surface area contributed by atoms with Gasteiger partial charge in [0.15, 0.2) is 11.5 Å². The van der Waals surface area contributed by atoms with Crippen molar-refractivity contribution in [3.8, 4) is 11.5 Å². The minimum Gasteiger partial charge on any atom is -0.490 e. The van der Waals surface area contributed by atoms with E-state index in [1.165, 1.54) is 12.3 Å². The number of halogens is 3. The van der Waals surface area contributed by atoms with Gasteiger partial charge in [-0.15, -0.1) is 0 Å². The van der Waals surface area contributed by atoms with Gasteiger partial charge in [-0.2, -0.15) is 0 Å². The number of urea groups is 1. The first kappa shape index (κ1) is 25.8. The van der Waals surface area contributed by atoms with Crippen LogP contribution in [-0.4, -0.2) is 29.4 Å². The first-order chi connectivity index (χ1) is 17.3. The van der Waals surface area contributed by atoms with Gasteiger partial charge in [-0.25, -0.2) is 4.79 Å². The Hall–Kier alpha value is -3.27. The Kier molecular flexibility index (Phi) is 8.03. The Bertz CT molecular complexity index is 1360. The third-order valence-electron chi connectivity index (χ3n) is 5.09. The smallest absolute Gasteiger partial charge is 0.331 e. The molecule has 0 spiro atoms. The van der Waals surface area contributed by atoms with Crippen molar-refractivity contribution in [2.45, 2.75) is 20.1 Å². The second-order valence-corrected chi connectivity index (χ2v) is 9.26. The van der Waals surface area contributed by atoms with E-state index in [0.29, 0.717) is 43.9 Å². The summed E-state index contributed by atoms with van der Waals surface area (Å²) >= 11 is 15.5. The van der Waals surface area contributed by atoms with E-state index >= 15 is 0 Å². The summed E-state index contributed by atoms with van der Waals surface area (Å²) in [6.45, 7) is 2.25.